The molecule has 0 radical (unpaired) electrons. The van der Waals surface area contributed by atoms with Crippen LogP contribution in [0.4, 0.5) is 0 Å². The number of nitrogens with zero attached hydrogens (tertiary/aromatic N) is 1. The van der Waals surface area contributed by atoms with Gasteiger partial charge in [0.1, 0.15) is 12.6 Å². The minimum absolute atomic E-state index is 0.0943. The first kappa shape index (κ1) is 20.2. The highest BCUT2D eigenvalue weighted by Gasteiger charge is 2.22. The third kappa shape index (κ3) is 5.05. The van der Waals surface area contributed by atoms with E-state index in [4.69, 9.17) is 14.7 Å². The second-order valence-corrected chi connectivity index (χ2v) is 7.18. The van der Waals surface area contributed by atoms with Crippen molar-refractivity contribution in [2.75, 3.05) is 13.3 Å². The van der Waals surface area contributed by atoms with Gasteiger partial charge in [-0.1, -0.05) is 32.0 Å². The Morgan fingerprint density at radius 1 is 1.10 bits per heavy atom. The Bertz CT molecular complexity index is 949. The number of ether oxygens (including phenoxy) is 2. The van der Waals surface area contributed by atoms with Crippen LogP contribution in [0.3, 0.4) is 0 Å². The molecule has 0 aliphatic carbocycles. The van der Waals surface area contributed by atoms with Crippen molar-refractivity contribution in [3.05, 3.63) is 48.0 Å². The molecule has 7 heteroatoms. The van der Waals surface area contributed by atoms with E-state index in [1.807, 2.05) is 44.2 Å². The molecule has 1 heterocycles. The largest absolute Gasteiger partial charge is 0.454 e. The van der Waals surface area contributed by atoms with Gasteiger partial charge in [0.15, 0.2) is 11.5 Å². The molecule has 0 fully saturated rings. The molecule has 0 unspecified atom stereocenters. The molecule has 1 aliphatic rings. The Morgan fingerprint density at radius 3 is 2.62 bits per heavy atom. The first-order valence-corrected chi connectivity index (χ1v) is 9.43. The van der Waals surface area contributed by atoms with Crippen LogP contribution in [0.2, 0.25) is 0 Å². The smallest absolute Gasteiger partial charge is 0.251 e. The summed E-state index contributed by atoms with van der Waals surface area (Å²) in [5, 5.41) is 14.0. The summed E-state index contributed by atoms with van der Waals surface area (Å²) < 4.78 is 10.8. The maximum Gasteiger partial charge on any atom is 0.251 e. The van der Waals surface area contributed by atoms with Crippen LogP contribution in [-0.2, 0) is 4.79 Å². The number of nitriles is 1. The van der Waals surface area contributed by atoms with Crippen LogP contribution in [0.25, 0.3) is 11.1 Å². The van der Waals surface area contributed by atoms with Crippen molar-refractivity contribution in [2.45, 2.75) is 26.3 Å². The van der Waals surface area contributed by atoms with Gasteiger partial charge in [0.2, 0.25) is 12.7 Å². The molecule has 29 heavy (non-hydrogen) atoms. The van der Waals surface area contributed by atoms with E-state index in [0.717, 1.165) is 11.1 Å². The van der Waals surface area contributed by atoms with Gasteiger partial charge in [-0.25, -0.2) is 0 Å². The van der Waals surface area contributed by atoms with Gasteiger partial charge in [-0.3, -0.25) is 9.59 Å². The molecule has 0 aromatic heterocycles. The third-order valence-corrected chi connectivity index (χ3v) is 4.50. The van der Waals surface area contributed by atoms with Gasteiger partial charge in [-0.15, -0.1) is 0 Å². The second-order valence-electron chi connectivity index (χ2n) is 7.18. The third-order valence-electron chi connectivity index (χ3n) is 4.50. The van der Waals surface area contributed by atoms with Crippen LogP contribution in [0.15, 0.2) is 42.5 Å². The Labute approximate surface area is 169 Å². The summed E-state index contributed by atoms with van der Waals surface area (Å²) in [6, 6.07) is 13.9. The van der Waals surface area contributed by atoms with Crippen LogP contribution >= 0.6 is 0 Å². The zero-order valence-corrected chi connectivity index (χ0v) is 16.4. The number of fused-ring (bicyclic) bond motifs is 1. The molecule has 7 nitrogen and oxygen atoms in total. The average molecular weight is 393 g/mol. The van der Waals surface area contributed by atoms with Gasteiger partial charge in [0.05, 0.1) is 6.07 Å². The molecule has 2 aromatic carbocycles. The Hall–Kier alpha value is -3.53. The zero-order valence-electron chi connectivity index (χ0n) is 16.4. The van der Waals surface area contributed by atoms with E-state index < -0.39 is 6.04 Å². The molecule has 2 N–H and O–H groups in total. The van der Waals surface area contributed by atoms with E-state index >= 15 is 0 Å². The lowest BCUT2D eigenvalue weighted by Crippen LogP contribution is -2.47. The van der Waals surface area contributed by atoms with Crippen LogP contribution in [-0.4, -0.2) is 31.2 Å². The lowest BCUT2D eigenvalue weighted by molar-refractivity contribution is -0.123. The van der Waals surface area contributed by atoms with Gasteiger partial charge in [0, 0.05) is 5.56 Å². The maximum atomic E-state index is 12.8. The number of rotatable bonds is 7. The molecule has 1 aliphatic heterocycles. The van der Waals surface area contributed by atoms with Crippen molar-refractivity contribution in [3.63, 3.8) is 0 Å². The summed E-state index contributed by atoms with van der Waals surface area (Å²) in [4.78, 5) is 25.1. The molecule has 150 valence electrons. The highest BCUT2D eigenvalue weighted by atomic mass is 16.7. The van der Waals surface area contributed by atoms with E-state index in [1.54, 1.807) is 18.2 Å². The maximum absolute atomic E-state index is 12.8. The molecule has 0 bridgehead atoms. The summed E-state index contributed by atoms with van der Waals surface area (Å²) in [6.45, 7) is 4.04. The fourth-order valence-corrected chi connectivity index (χ4v) is 3.11. The fourth-order valence-electron chi connectivity index (χ4n) is 3.11. The SMILES string of the molecule is CC(C)C[C@H](NC(=O)c1cccc(-c2ccc3c(c2)OCO3)c1)C(=O)NCC#N. The number of amides is 2. The van der Waals surface area contributed by atoms with Crippen molar-refractivity contribution < 1.29 is 19.1 Å². The predicted octanol–water partition coefficient (Wildman–Crippen LogP) is 2.87. The summed E-state index contributed by atoms with van der Waals surface area (Å²) >= 11 is 0. The number of carbonyl (C=O) groups excluding carboxylic acids is 2. The lowest BCUT2D eigenvalue weighted by atomic mass is 10.0. The molecule has 2 amide bonds. The number of hydrogen-bond donors (Lipinski definition) is 2. The van der Waals surface area contributed by atoms with Crippen LogP contribution in [0.1, 0.15) is 30.6 Å². The van der Waals surface area contributed by atoms with E-state index in [-0.39, 0.29) is 31.1 Å². The van der Waals surface area contributed by atoms with Crippen LogP contribution in [0, 0.1) is 17.2 Å². The first-order chi connectivity index (χ1) is 14.0. The van der Waals surface area contributed by atoms with E-state index in [2.05, 4.69) is 10.6 Å². The van der Waals surface area contributed by atoms with Crippen LogP contribution in [0.5, 0.6) is 11.5 Å². The standard InChI is InChI=1S/C22H23N3O4/c1-14(2)10-18(22(27)24-9-8-23)25-21(26)17-5-3-4-15(11-17)16-6-7-19-20(12-16)29-13-28-19/h3-7,11-12,14,18H,9-10,13H2,1-2H3,(H,24,27)(H,25,26)/t18-/m0/s1. The first-order valence-electron chi connectivity index (χ1n) is 9.43. The number of hydrogen-bond acceptors (Lipinski definition) is 5. The Kier molecular flexibility index (Phi) is 6.35. The highest BCUT2D eigenvalue weighted by molar-refractivity contribution is 5.98. The quantitative estimate of drug-likeness (QED) is 0.705. The van der Waals surface area contributed by atoms with Crippen molar-refractivity contribution in [2.24, 2.45) is 5.92 Å². The van der Waals surface area contributed by atoms with Crippen molar-refractivity contribution in [3.8, 4) is 28.7 Å². The van der Waals surface area contributed by atoms with Gasteiger partial charge in [-0.05, 0) is 47.7 Å². The Morgan fingerprint density at radius 2 is 1.86 bits per heavy atom. The lowest BCUT2D eigenvalue weighted by Gasteiger charge is -2.19. The van der Waals surface area contributed by atoms with Gasteiger partial charge >= 0.3 is 0 Å². The van der Waals surface area contributed by atoms with E-state index in [9.17, 15) is 9.59 Å². The number of benzene rings is 2. The predicted molar refractivity (Wildman–Crippen MR) is 107 cm³/mol. The molecular weight excluding hydrogens is 370 g/mol. The van der Waals surface area contributed by atoms with Crippen molar-refractivity contribution in [1.29, 1.82) is 5.26 Å². The molecule has 2 aromatic rings. The highest BCUT2D eigenvalue weighted by Crippen LogP contribution is 2.36. The zero-order chi connectivity index (χ0) is 20.8. The summed E-state index contributed by atoms with van der Waals surface area (Å²) in [5.41, 5.74) is 2.20. The fraction of sp³-hybridized carbons (Fsp3) is 0.318. The Balaban J connectivity index is 1.77. The normalized spacial score (nSPS) is 12.9. The molecule has 0 saturated heterocycles. The molecule has 3 rings (SSSR count). The monoisotopic (exact) mass is 393 g/mol. The van der Waals surface area contributed by atoms with Crippen molar-refractivity contribution in [1.82, 2.24) is 10.6 Å². The summed E-state index contributed by atoms with van der Waals surface area (Å²) in [6.07, 6.45) is 0.477. The van der Waals surface area contributed by atoms with Gasteiger partial charge in [0.25, 0.3) is 5.91 Å². The molecule has 1 atom stereocenters. The average Bonchev–Trinajstić information content (AvgIpc) is 3.19. The molecular formula is C22H23N3O4. The molecule has 0 saturated carbocycles. The second kappa shape index (κ2) is 9.11. The van der Waals surface area contributed by atoms with E-state index in [0.29, 0.717) is 23.5 Å². The van der Waals surface area contributed by atoms with Crippen LogP contribution < -0.4 is 20.1 Å². The van der Waals surface area contributed by atoms with E-state index in [1.165, 1.54) is 0 Å². The minimum Gasteiger partial charge on any atom is -0.454 e. The summed E-state index contributed by atoms with van der Waals surface area (Å²) in [5.74, 6) is 0.866. The van der Waals surface area contributed by atoms with Gasteiger partial charge in [-0.2, -0.15) is 5.26 Å². The molecule has 0 spiro atoms. The number of nitrogens with one attached hydrogen (secondary N) is 2. The summed E-state index contributed by atoms with van der Waals surface area (Å²) in [7, 11) is 0. The number of carbonyl (C=O) groups is 2. The minimum atomic E-state index is -0.704. The topological polar surface area (TPSA) is 100 Å². The van der Waals surface area contributed by atoms with Gasteiger partial charge < -0.3 is 20.1 Å². The van der Waals surface area contributed by atoms with Crippen molar-refractivity contribution >= 4 is 11.8 Å².